The Balaban J connectivity index is 1.16. The smallest absolute Gasteiger partial charge is 0.314 e. The fourth-order valence-electron chi connectivity index (χ4n) is 4.63. The molecule has 160 valence electrons. The SMILES string of the molecule is O=C(Oc1ccc(OCOC2CCC(c3ccccc3)CC2)cc1)C1CCCCC1. The Bertz CT molecular complexity index is 772. The quantitative estimate of drug-likeness (QED) is 0.308. The second kappa shape index (κ2) is 10.6. The number of benzene rings is 2. The Morgan fingerprint density at radius 1 is 0.767 bits per heavy atom. The Morgan fingerprint density at radius 3 is 2.13 bits per heavy atom. The van der Waals surface area contributed by atoms with E-state index in [9.17, 15) is 4.79 Å². The van der Waals surface area contributed by atoms with Crippen molar-refractivity contribution in [2.24, 2.45) is 5.92 Å². The molecule has 0 saturated heterocycles. The summed E-state index contributed by atoms with van der Waals surface area (Å²) in [7, 11) is 0. The molecule has 2 aromatic rings. The first-order valence-electron chi connectivity index (χ1n) is 11.4. The van der Waals surface area contributed by atoms with Crippen molar-refractivity contribution in [1.82, 2.24) is 0 Å². The van der Waals surface area contributed by atoms with Crippen molar-refractivity contribution in [1.29, 1.82) is 0 Å². The van der Waals surface area contributed by atoms with Crippen molar-refractivity contribution in [3.63, 3.8) is 0 Å². The summed E-state index contributed by atoms with van der Waals surface area (Å²) in [6.45, 7) is 0.252. The molecule has 0 amide bonds. The third-order valence-corrected chi connectivity index (χ3v) is 6.46. The lowest BCUT2D eigenvalue weighted by atomic mass is 9.83. The summed E-state index contributed by atoms with van der Waals surface area (Å²) in [5.41, 5.74) is 1.44. The molecule has 0 atom stereocenters. The van der Waals surface area contributed by atoms with Gasteiger partial charge in [-0.1, -0.05) is 49.6 Å². The van der Waals surface area contributed by atoms with Gasteiger partial charge in [-0.05, 0) is 74.3 Å². The molecule has 0 radical (unpaired) electrons. The molecule has 2 aliphatic carbocycles. The monoisotopic (exact) mass is 408 g/mol. The third-order valence-electron chi connectivity index (χ3n) is 6.46. The number of hydrogen-bond donors (Lipinski definition) is 0. The fourth-order valence-corrected chi connectivity index (χ4v) is 4.63. The largest absolute Gasteiger partial charge is 0.468 e. The van der Waals surface area contributed by atoms with E-state index in [1.54, 1.807) is 12.1 Å². The topological polar surface area (TPSA) is 44.8 Å². The lowest BCUT2D eigenvalue weighted by Gasteiger charge is -2.28. The number of ether oxygens (including phenoxy) is 3. The van der Waals surface area contributed by atoms with Crippen molar-refractivity contribution < 1.29 is 19.0 Å². The van der Waals surface area contributed by atoms with Crippen LogP contribution in [0.15, 0.2) is 54.6 Å². The number of carbonyl (C=O) groups is 1. The highest BCUT2D eigenvalue weighted by Gasteiger charge is 2.24. The minimum atomic E-state index is -0.0993. The molecule has 2 saturated carbocycles. The fraction of sp³-hybridized carbons (Fsp3) is 0.500. The van der Waals surface area contributed by atoms with Gasteiger partial charge in [0.2, 0.25) is 0 Å². The highest BCUT2D eigenvalue weighted by molar-refractivity contribution is 5.75. The van der Waals surface area contributed by atoms with Gasteiger partial charge in [0.15, 0.2) is 6.79 Å². The minimum absolute atomic E-state index is 0.0556. The van der Waals surface area contributed by atoms with Gasteiger partial charge in [-0.15, -0.1) is 0 Å². The molecule has 30 heavy (non-hydrogen) atoms. The Hall–Kier alpha value is -2.33. The van der Waals surface area contributed by atoms with Crippen LogP contribution in [0.4, 0.5) is 0 Å². The summed E-state index contributed by atoms with van der Waals surface area (Å²) in [6.07, 6.45) is 10.1. The zero-order chi connectivity index (χ0) is 20.6. The molecule has 0 heterocycles. The second-order valence-corrected chi connectivity index (χ2v) is 8.54. The van der Waals surface area contributed by atoms with Crippen molar-refractivity contribution >= 4 is 5.97 Å². The normalized spacial score (nSPS) is 22.4. The van der Waals surface area contributed by atoms with Crippen LogP contribution in [-0.4, -0.2) is 18.9 Å². The molecule has 0 N–H and O–H groups in total. The summed E-state index contributed by atoms with van der Waals surface area (Å²) >= 11 is 0. The van der Waals surface area contributed by atoms with Gasteiger partial charge in [-0.2, -0.15) is 0 Å². The Kier molecular flexibility index (Phi) is 7.41. The van der Waals surface area contributed by atoms with Crippen LogP contribution in [-0.2, 0) is 9.53 Å². The predicted octanol–water partition coefficient (Wildman–Crippen LogP) is 6.25. The van der Waals surface area contributed by atoms with Crippen LogP contribution in [0.2, 0.25) is 0 Å². The van der Waals surface area contributed by atoms with E-state index in [0.717, 1.165) is 57.1 Å². The molecule has 4 nitrogen and oxygen atoms in total. The van der Waals surface area contributed by atoms with Crippen LogP contribution < -0.4 is 9.47 Å². The van der Waals surface area contributed by atoms with Gasteiger partial charge in [0.05, 0.1) is 12.0 Å². The van der Waals surface area contributed by atoms with Gasteiger partial charge in [-0.3, -0.25) is 4.79 Å². The van der Waals surface area contributed by atoms with Gasteiger partial charge in [-0.25, -0.2) is 0 Å². The second-order valence-electron chi connectivity index (χ2n) is 8.54. The maximum Gasteiger partial charge on any atom is 0.314 e. The molecule has 0 aromatic heterocycles. The standard InChI is InChI=1S/C26H32O4/c27-26(22-9-5-2-6-10-22)30-25-17-15-24(16-18-25)29-19-28-23-13-11-21(12-14-23)20-7-3-1-4-8-20/h1,3-4,7-8,15-18,21-23H,2,5-6,9-14,19H2. The Morgan fingerprint density at radius 2 is 1.43 bits per heavy atom. The molecule has 0 spiro atoms. The highest BCUT2D eigenvalue weighted by Crippen LogP contribution is 2.34. The van der Waals surface area contributed by atoms with E-state index in [-0.39, 0.29) is 24.8 Å². The van der Waals surface area contributed by atoms with Crippen molar-refractivity contribution in [2.45, 2.75) is 69.8 Å². The number of rotatable bonds is 7. The number of carbonyl (C=O) groups excluding carboxylic acids is 1. The molecule has 2 aliphatic rings. The van der Waals surface area contributed by atoms with Gasteiger partial charge < -0.3 is 14.2 Å². The van der Waals surface area contributed by atoms with Crippen molar-refractivity contribution in [2.75, 3.05) is 6.79 Å². The summed E-state index contributed by atoms with van der Waals surface area (Å²) in [5.74, 6) is 1.91. The molecular weight excluding hydrogens is 376 g/mol. The van der Waals surface area contributed by atoms with Gasteiger partial charge >= 0.3 is 5.97 Å². The van der Waals surface area contributed by atoms with Crippen molar-refractivity contribution in [3.05, 3.63) is 60.2 Å². The Labute approximate surface area is 179 Å². The van der Waals surface area contributed by atoms with E-state index in [4.69, 9.17) is 14.2 Å². The van der Waals surface area contributed by atoms with E-state index < -0.39 is 0 Å². The molecule has 0 aliphatic heterocycles. The summed E-state index contributed by atoms with van der Waals surface area (Å²) in [4.78, 5) is 12.2. The maximum absolute atomic E-state index is 12.2. The van der Waals surface area contributed by atoms with E-state index in [1.807, 2.05) is 12.1 Å². The molecule has 4 rings (SSSR count). The zero-order valence-corrected chi connectivity index (χ0v) is 17.6. The van der Waals surface area contributed by atoms with Gasteiger partial charge in [0.25, 0.3) is 0 Å². The molecule has 2 aromatic carbocycles. The van der Waals surface area contributed by atoms with Gasteiger partial charge in [0, 0.05) is 0 Å². The summed E-state index contributed by atoms with van der Waals surface area (Å²) < 4.78 is 17.2. The van der Waals surface area contributed by atoms with Crippen LogP contribution >= 0.6 is 0 Å². The predicted molar refractivity (Wildman–Crippen MR) is 117 cm³/mol. The van der Waals surface area contributed by atoms with Crippen LogP contribution in [0.3, 0.4) is 0 Å². The molecular formula is C26H32O4. The van der Waals surface area contributed by atoms with Gasteiger partial charge in [0.1, 0.15) is 11.5 Å². The summed E-state index contributed by atoms with van der Waals surface area (Å²) in [5, 5.41) is 0. The molecule has 2 fully saturated rings. The lowest BCUT2D eigenvalue weighted by Crippen LogP contribution is -2.23. The summed E-state index contributed by atoms with van der Waals surface area (Å²) in [6, 6.07) is 18.0. The lowest BCUT2D eigenvalue weighted by molar-refractivity contribution is -0.140. The highest BCUT2D eigenvalue weighted by atomic mass is 16.7. The van der Waals surface area contributed by atoms with E-state index >= 15 is 0 Å². The molecule has 4 heteroatoms. The van der Waals surface area contributed by atoms with E-state index in [2.05, 4.69) is 30.3 Å². The van der Waals surface area contributed by atoms with Crippen LogP contribution in [0, 0.1) is 5.92 Å². The average Bonchev–Trinajstić information content (AvgIpc) is 2.82. The van der Waals surface area contributed by atoms with Crippen LogP contribution in [0.1, 0.15) is 69.3 Å². The van der Waals surface area contributed by atoms with E-state index in [0.29, 0.717) is 11.7 Å². The first-order chi connectivity index (χ1) is 14.8. The first-order valence-corrected chi connectivity index (χ1v) is 11.4. The van der Waals surface area contributed by atoms with Crippen LogP contribution in [0.5, 0.6) is 11.5 Å². The average molecular weight is 409 g/mol. The first kappa shape index (κ1) is 20.9. The minimum Gasteiger partial charge on any atom is -0.468 e. The van der Waals surface area contributed by atoms with Crippen LogP contribution in [0.25, 0.3) is 0 Å². The number of hydrogen-bond acceptors (Lipinski definition) is 4. The molecule has 0 unspecified atom stereocenters. The molecule has 0 bridgehead atoms. The third kappa shape index (κ3) is 5.85. The zero-order valence-electron chi connectivity index (χ0n) is 17.6. The maximum atomic E-state index is 12.2. The number of esters is 1. The van der Waals surface area contributed by atoms with E-state index in [1.165, 1.54) is 12.0 Å². The van der Waals surface area contributed by atoms with Crippen molar-refractivity contribution in [3.8, 4) is 11.5 Å².